The van der Waals surface area contributed by atoms with Gasteiger partial charge in [-0.1, -0.05) is 11.6 Å². The molecule has 20 heavy (non-hydrogen) atoms. The van der Waals surface area contributed by atoms with Crippen LogP contribution in [0.15, 0.2) is 12.3 Å². The molecule has 2 amide bonds. The summed E-state index contributed by atoms with van der Waals surface area (Å²) in [5.74, 6) is -0.499. The van der Waals surface area contributed by atoms with Crippen LogP contribution in [0, 0.1) is 0 Å². The number of carbonyl (C=O) groups is 2. The minimum atomic E-state index is -0.591. The lowest BCUT2D eigenvalue weighted by Crippen LogP contribution is -2.46. The van der Waals surface area contributed by atoms with Crippen molar-refractivity contribution >= 4 is 29.1 Å². The molecule has 1 atom stereocenters. The topological polar surface area (TPSA) is 88.3 Å². The zero-order chi connectivity index (χ0) is 14.7. The third-order valence-electron chi connectivity index (χ3n) is 3.28. The van der Waals surface area contributed by atoms with Crippen LogP contribution >= 0.6 is 11.6 Å². The van der Waals surface area contributed by atoms with Crippen molar-refractivity contribution in [2.24, 2.45) is 0 Å². The minimum Gasteiger partial charge on any atom is -0.397 e. The molecule has 1 aliphatic rings. The predicted molar refractivity (Wildman–Crippen MR) is 76.4 cm³/mol. The number of amides is 2. The van der Waals surface area contributed by atoms with Gasteiger partial charge in [-0.15, -0.1) is 0 Å². The smallest absolute Gasteiger partial charge is 0.254 e. The number of nitrogens with one attached hydrogen (secondary N) is 1. The second-order valence-corrected chi connectivity index (χ2v) is 5.21. The molecule has 1 saturated heterocycles. The van der Waals surface area contributed by atoms with Crippen molar-refractivity contribution in [3.8, 4) is 0 Å². The zero-order valence-corrected chi connectivity index (χ0v) is 12.0. The molecule has 1 aromatic rings. The van der Waals surface area contributed by atoms with E-state index in [2.05, 4.69) is 10.3 Å². The highest BCUT2D eigenvalue weighted by Gasteiger charge is 2.25. The average molecular weight is 297 g/mol. The summed E-state index contributed by atoms with van der Waals surface area (Å²) in [5.41, 5.74) is 6.14. The van der Waals surface area contributed by atoms with Gasteiger partial charge in [-0.25, -0.2) is 4.98 Å². The number of rotatable bonds is 3. The highest BCUT2D eigenvalue weighted by Crippen LogP contribution is 2.15. The fourth-order valence-electron chi connectivity index (χ4n) is 2.18. The Balaban J connectivity index is 2.03. The number of halogens is 1. The Bertz CT molecular complexity index is 529. The molecule has 0 aliphatic carbocycles. The Morgan fingerprint density at radius 3 is 2.75 bits per heavy atom. The van der Waals surface area contributed by atoms with E-state index in [1.807, 2.05) is 0 Å². The Labute approximate surface area is 122 Å². The molecule has 1 fully saturated rings. The van der Waals surface area contributed by atoms with E-state index in [0.717, 1.165) is 25.9 Å². The van der Waals surface area contributed by atoms with Gasteiger partial charge >= 0.3 is 0 Å². The summed E-state index contributed by atoms with van der Waals surface area (Å²) in [6.07, 6.45) is 3.35. The summed E-state index contributed by atoms with van der Waals surface area (Å²) in [6, 6.07) is 0.797. The quantitative estimate of drug-likeness (QED) is 0.816. The van der Waals surface area contributed by atoms with Gasteiger partial charge in [-0.2, -0.15) is 0 Å². The molecule has 7 heteroatoms. The maximum absolute atomic E-state index is 12.1. The molecule has 1 aromatic heterocycles. The van der Waals surface area contributed by atoms with Gasteiger partial charge in [0.15, 0.2) is 0 Å². The number of aromatic nitrogens is 1. The third-order valence-corrected chi connectivity index (χ3v) is 3.49. The molecule has 2 rings (SSSR count). The van der Waals surface area contributed by atoms with E-state index in [4.69, 9.17) is 17.3 Å². The van der Waals surface area contributed by atoms with E-state index >= 15 is 0 Å². The molecule has 0 aromatic carbocycles. The molecule has 2 heterocycles. The number of nitrogens with zero attached hydrogens (tertiary/aromatic N) is 2. The second-order valence-electron chi connectivity index (χ2n) is 4.82. The highest BCUT2D eigenvalue weighted by molar-refractivity contribution is 6.29. The first kappa shape index (κ1) is 14.6. The van der Waals surface area contributed by atoms with Gasteiger partial charge in [0.2, 0.25) is 5.91 Å². The molecule has 6 nitrogen and oxygen atoms in total. The predicted octanol–water partition coefficient (Wildman–Crippen LogP) is 1.06. The molecule has 1 aliphatic heterocycles. The summed E-state index contributed by atoms with van der Waals surface area (Å²) in [5, 5.41) is 2.83. The minimum absolute atomic E-state index is 0.0745. The van der Waals surface area contributed by atoms with Crippen LogP contribution in [0.3, 0.4) is 0 Å². The van der Waals surface area contributed by atoms with Gasteiger partial charge in [0.1, 0.15) is 11.2 Å². The lowest BCUT2D eigenvalue weighted by Gasteiger charge is -2.21. The standard InChI is InChI=1S/C13H17ClN4O2/c1-8(13(20)18-4-2-3-5-18)17-12(19)9-6-11(14)16-7-10(9)15/h6-8H,2-5,15H2,1H3,(H,17,19). The van der Waals surface area contributed by atoms with Gasteiger partial charge in [0.25, 0.3) is 5.91 Å². The maximum Gasteiger partial charge on any atom is 0.254 e. The van der Waals surface area contributed by atoms with E-state index in [1.54, 1.807) is 11.8 Å². The molecule has 108 valence electrons. The zero-order valence-electron chi connectivity index (χ0n) is 11.2. The van der Waals surface area contributed by atoms with Crippen molar-refractivity contribution < 1.29 is 9.59 Å². The van der Waals surface area contributed by atoms with Gasteiger partial charge < -0.3 is 16.0 Å². The van der Waals surface area contributed by atoms with Crippen molar-refractivity contribution in [1.29, 1.82) is 0 Å². The molecule has 1 unspecified atom stereocenters. The lowest BCUT2D eigenvalue weighted by atomic mass is 10.2. The Morgan fingerprint density at radius 1 is 1.45 bits per heavy atom. The normalized spacial score (nSPS) is 16.0. The van der Waals surface area contributed by atoms with Crippen molar-refractivity contribution in [3.05, 3.63) is 23.0 Å². The van der Waals surface area contributed by atoms with Crippen LogP contribution in [-0.4, -0.2) is 40.8 Å². The summed E-state index contributed by atoms with van der Waals surface area (Å²) in [4.78, 5) is 29.7. The fraction of sp³-hybridized carbons (Fsp3) is 0.462. The van der Waals surface area contributed by atoms with Gasteiger partial charge in [0, 0.05) is 13.1 Å². The molecule has 0 bridgehead atoms. The van der Waals surface area contributed by atoms with E-state index in [-0.39, 0.29) is 22.3 Å². The first-order valence-corrected chi connectivity index (χ1v) is 6.87. The number of hydrogen-bond acceptors (Lipinski definition) is 4. The molecular weight excluding hydrogens is 280 g/mol. The van der Waals surface area contributed by atoms with E-state index in [0.29, 0.717) is 0 Å². The van der Waals surface area contributed by atoms with Gasteiger partial charge in [-0.05, 0) is 25.8 Å². The first-order chi connectivity index (χ1) is 9.49. The van der Waals surface area contributed by atoms with E-state index < -0.39 is 11.9 Å². The van der Waals surface area contributed by atoms with Crippen LogP contribution in [0.4, 0.5) is 5.69 Å². The molecule has 3 N–H and O–H groups in total. The monoisotopic (exact) mass is 296 g/mol. The van der Waals surface area contributed by atoms with Crippen molar-refractivity contribution in [2.45, 2.75) is 25.8 Å². The number of pyridine rings is 1. The van der Waals surface area contributed by atoms with Crippen molar-refractivity contribution in [1.82, 2.24) is 15.2 Å². The fourth-order valence-corrected chi connectivity index (χ4v) is 2.34. The molecule has 0 radical (unpaired) electrons. The largest absolute Gasteiger partial charge is 0.397 e. The number of nitrogens with two attached hydrogens (primary N) is 1. The van der Waals surface area contributed by atoms with Crippen LogP contribution in [0.25, 0.3) is 0 Å². The SMILES string of the molecule is CC(NC(=O)c1cc(Cl)ncc1N)C(=O)N1CCCC1. The summed E-state index contributed by atoms with van der Waals surface area (Å²) < 4.78 is 0. The number of likely N-dealkylation sites (tertiary alicyclic amines) is 1. The molecule has 0 saturated carbocycles. The van der Waals surface area contributed by atoms with E-state index in [1.165, 1.54) is 12.3 Å². The number of nitrogen functional groups attached to an aromatic ring is 1. The lowest BCUT2D eigenvalue weighted by molar-refractivity contribution is -0.131. The van der Waals surface area contributed by atoms with E-state index in [9.17, 15) is 9.59 Å². The van der Waals surface area contributed by atoms with Gasteiger partial charge in [-0.3, -0.25) is 9.59 Å². The summed E-state index contributed by atoms with van der Waals surface area (Å²) in [7, 11) is 0. The Hall–Kier alpha value is -1.82. The second kappa shape index (κ2) is 6.09. The van der Waals surface area contributed by atoms with Crippen LogP contribution < -0.4 is 11.1 Å². The first-order valence-electron chi connectivity index (χ1n) is 6.49. The molecular formula is C13H17ClN4O2. The Morgan fingerprint density at radius 2 is 2.10 bits per heavy atom. The molecule has 0 spiro atoms. The summed E-state index contributed by atoms with van der Waals surface area (Å²) >= 11 is 5.74. The van der Waals surface area contributed by atoms with Crippen molar-refractivity contribution in [3.63, 3.8) is 0 Å². The summed E-state index contributed by atoms with van der Waals surface area (Å²) in [6.45, 7) is 3.17. The third kappa shape index (κ3) is 3.19. The highest BCUT2D eigenvalue weighted by atomic mass is 35.5. The average Bonchev–Trinajstić information content (AvgIpc) is 2.94. The Kier molecular flexibility index (Phi) is 4.44. The van der Waals surface area contributed by atoms with Crippen LogP contribution in [0.2, 0.25) is 5.15 Å². The van der Waals surface area contributed by atoms with Crippen molar-refractivity contribution in [2.75, 3.05) is 18.8 Å². The number of hydrogen-bond donors (Lipinski definition) is 2. The number of anilines is 1. The van der Waals surface area contributed by atoms with Gasteiger partial charge in [0.05, 0.1) is 17.4 Å². The number of carbonyl (C=O) groups excluding carboxylic acids is 2. The van der Waals surface area contributed by atoms with Crippen LogP contribution in [0.5, 0.6) is 0 Å². The maximum atomic E-state index is 12.1. The van der Waals surface area contributed by atoms with Crippen LogP contribution in [0.1, 0.15) is 30.1 Å². The van der Waals surface area contributed by atoms with Crippen LogP contribution in [-0.2, 0) is 4.79 Å².